The maximum absolute atomic E-state index is 12.6. The summed E-state index contributed by atoms with van der Waals surface area (Å²) in [6, 6.07) is 7.24. The molecule has 10 heteroatoms. The summed E-state index contributed by atoms with van der Waals surface area (Å²) < 4.78 is 43.4. The first-order valence-electron chi connectivity index (χ1n) is 8.31. The van der Waals surface area contributed by atoms with Crippen molar-refractivity contribution in [2.24, 2.45) is 0 Å². The first-order valence-corrected chi connectivity index (χ1v) is 8.31. The lowest BCUT2D eigenvalue weighted by Gasteiger charge is -2.16. The number of alkyl halides is 3. The van der Waals surface area contributed by atoms with Crippen molar-refractivity contribution in [1.82, 2.24) is 20.1 Å². The van der Waals surface area contributed by atoms with Crippen LogP contribution in [0.15, 0.2) is 42.7 Å². The average molecular weight is 394 g/mol. The summed E-state index contributed by atoms with van der Waals surface area (Å²) in [6.45, 7) is -0.461. The van der Waals surface area contributed by atoms with Crippen LogP contribution in [-0.4, -0.2) is 39.8 Å². The highest BCUT2D eigenvalue weighted by Crippen LogP contribution is 2.27. The molecule has 148 valence electrons. The van der Waals surface area contributed by atoms with Crippen LogP contribution < -0.4 is 5.32 Å². The minimum absolute atomic E-state index is 0.162. The van der Waals surface area contributed by atoms with E-state index in [-0.39, 0.29) is 6.42 Å². The summed E-state index contributed by atoms with van der Waals surface area (Å²) in [7, 11) is 1.19. The predicted molar refractivity (Wildman–Crippen MR) is 93.2 cm³/mol. The molecule has 0 spiro atoms. The van der Waals surface area contributed by atoms with Gasteiger partial charge in [0.15, 0.2) is 5.69 Å². The molecule has 1 amide bonds. The zero-order valence-corrected chi connectivity index (χ0v) is 14.8. The Labute approximate surface area is 157 Å². The first kappa shape index (κ1) is 19.5. The molecule has 1 unspecified atom stereocenters. The average Bonchev–Trinajstić information content (AvgIpc) is 3.28. The molecule has 0 aliphatic carbocycles. The Kier molecular flexibility index (Phi) is 5.39. The number of hydrogen-bond acceptors (Lipinski definition) is 4. The fraction of sp³-hybridized carbons (Fsp3) is 0.278. The van der Waals surface area contributed by atoms with Gasteiger partial charge in [-0.25, -0.2) is 4.79 Å². The minimum Gasteiger partial charge on any atom is -0.467 e. The zero-order valence-electron chi connectivity index (χ0n) is 14.8. The number of carbonyl (C=O) groups excluding carboxylic acids is 2. The molecule has 1 aromatic carbocycles. The number of halogens is 3. The van der Waals surface area contributed by atoms with E-state index in [0.717, 1.165) is 33.4 Å². The van der Waals surface area contributed by atoms with Gasteiger partial charge < -0.3 is 15.0 Å². The van der Waals surface area contributed by atoms with Crippen molar-refractivity contribution in [1.29, 1.82) is 0 Å². The van der Waals surface area contributed by atoms with Crippen molar-refractivity contribution in [3.8, 4) is 0 Å². The van der Waals surface area contributed by atoms with Crippen molar-refractivity contribution < 1.29 is 27.5 Å². The van der Waals surface area contributed by atoms with Crippen LogP contribution in [0.25, 0.3) is 10.9 Å². The summed E-state index contributed by atoms with van der Waals surface area (Å²) in [5.41, 5.74) is 0.581. The van der Waals surface area contributed by atoms with Gasteiger partial charge in [0, 0.05) is 29.7 Å². The van der Waals surface area contributed by atoms with E-state index in [1.807, 2.05) is 24.3 Å². The lowest BCUT2D eigenvalue weighted by molar-refractivity contribution is -0.145. The molecule has 2 aromatic heterocycles. The standard InChI is InChI=1S/C18H17F3N4O3/c1-28-17(27)14(8-11-9-22-13-5-3-2-4-12(11)13)23-16(26)10-25-7-6-15(24-25)18(19,20)21/h2-7,9,14,22H,8,10H2,1H3,(H,23,26). The van der Waals surface area contributed by atoms with Crippen LogP contribution >= 0.6 is 0 Å². The fourth-order valence-electron chi connectivity index (χ4n) is 2.84. The Hall–Kier alpha value is -3.30. The van der Waals surface area contributed by atoms with Gasteiger partial charge >= 0.3 is 12.1 Å². The van der Waals surface area contributed by atoms with E-state index in [1.165, 1.54) is 7.11 Å². The Morgan fingerprint density at radius 3 is 2.71 bits per heavy atom. The Morgan fingerprint density at radius 1 is 1.29 bits per heavy atom. The van der Waals surface area contributed by atoms with Gasteiger partial charge in [-0.3, -0.25) is 9.48 Å². The van der Waals surface area contributed by atoms with E-state index >= 15 is 0 Å². The smallest absolute Gasteiger partial charge is 0.435 e. The lowest BCUT2D eigenvalue weighted by Crippen LogP contribution is -2.44. The maximum Gasteiger partial charge on any atom is 0.435 e. The summed E-state index contributed by atoms with van der Waals surface area (Å²) >= 11 is 0. The molecule has 2 heterocycles. The number of carbonyl (C=O) groups is 2. The lowest BCUT2D eigenvalue weighted by atomic mass is 10.0. The molecule has 28 heavy (non-hydrogen) atoms. The number of methoxy groups -OCH3 is 1. The number of rotatable bonds is 6. The second-order valence-electron chi connectivity index (χ2n) is 6.10. The van der Waals surface area contributed by atoms with Crippen LogP contribution in [0.2, 0.25) is 0 Å². The van der Waals surface area contributed by atoms with Crippen molar-refractivity contribution >= 4 is 22.8 Å². The van der Waals surface area contributed by atoms with E-state index in [0.29, 0.717) is 0 Å². The summed E-state index contributed by atoms with van der Waals surface area (Å²) in [5.74, 6) is -1.32. The van der Waals surface area contributed by atoms with Crippen LogP contribution in [0.4, 0.5) is 13.2 Å². The molecule has 7 nitrogen and oxygen atoms in total. The fourth-order valence-corrected chi connectivity index (χ4v) is 2.84. The monoisotopic (exact) mass is 394 g/mol. The van der Waals surface area contributed by atoms with Crippen molar-refractivity contribution in [2.45, 2.75) is 25.2 Å². The van der Waals surface area contributed by atoms with Crippen LogP contribution in [0.5, 0.6) is 0 Å². The Bertz CT molecular complexity index is 993. The molecule has 3 rings (SSSR count). The third kappa shape index (κ3) is 4.33. The van der Waals surface area contributed by atoms with E-state index in [1.54, 1.807) is 6.20 Å². The molecule has 0 saturated carbocycles. The number of nitrogens with one attached hydrogen (secondary N) is 2. The third-order valence-electron chi connectivity index (χ3n) is 4.16. The molecule has 0 bridgehead atoms. The van der Waals surface area contributed by atoms with E-state index < -0.39 is 36.3 Å². The van der Waals surface area contributed by atoms with Crippen LogP contribution in [0, 0.1) is 0 Å². The van der Waals surface area contributed by atoms with Gasteiger partial charge in [0.25, 0.3) is 0 Å². The van der Waals surface area contributed by atoms with Gasteiger partial charge in [0.2, 0.25) is 5.91 Å². The van der Waals surface area contributed by atoms with Crippen LogP contribution in [0.1, 0.15) is 11.3 Å². The van der Waals surface area contributed by atoms with E-state index in [2.05, 4.69) is 15.4 Å². The maximum atomic E-state index is 12.6. The normalized spacial score (nSPS) is 12.7. The molecular weight excluding hydrogens is 377 g/mol. The highest BCUT2D eigenvalue weighted by Gasteiger charge is 2.33. The predicted octanol–water partition coefficient (Wildman–Crippen LogP) is 2.28. The number of H-pyrrole nitrogens is 1. The summed E-state index contributed by atoms with van der Waals surface area (Å²) in [4.78, 5) is 27.4. The number of ether oxygens (including phenoxy) is 1. The van der Waals surface area contributed by atoms with Gasteiger partial charge in [0.1, 0.15) is 12.6 Å². The third-order valence-corrected chi connectivity index (χ3v) is 4.16. The second kappa shape index (κ2) is 7.75. The Balaban J connectivity index is 1.71. The second-order valence-corrected chi connectivity index (χ2v) is 6.10. The highest BCUT2D eigenvalue weighted by atomic mass is 19.4. The number of benzene rings is 1. The minimum atomic E-state index is -4.59. The molecule has 0 aliphatic heterocycles. The SMILES string of the molecule is COC(=O)C(Cc1c[nH]c2ccccc12)NC(=O)Cn1ccc(C(F)(F)F)n1. The number of nitrogens with zero attached hydrogens (tertiary/aromatic N) is 2. The zero-order chi connectivity index (χ0) is 20.3. The molecule has 2 N–H and O–H groups in total. The summed E-state index contributed by atoms with van der Waals surface area (Å²) in [6.07, 6.45) is -1.65. The number of esters is 1. The highest BCUT2D eigenvalue weighted by molar-refractivity contribution is 5.87. The number of aromatic amines is 1. The van der Waals surface area contributed by atoms with Crippen molar-refractivity contribution in [3.63, 3.8) is 0 Å². The quantitative estimate of drug-likeness (QED) is 0.628. The van der Waals surface area contributed by atoms with Gasteiger partial charge in [-0.2, -0.15) is 18.3 Å². The van der Waals surface area contributed by atoms with Gasteiger partial charge in [-0.05, 0) is 17.7 Å². The van der Waals surface area contributed by atoms with Crippen LogP contribution in [0.3, 0.4) is 0 Å². The number of fused-ring (bicyclic) bond motifs is 1. The molecule has 0 fully saturated rings. The number of para-hydroxylation sites is 1. The molecule has 0 radical (unpaired) electrons. The molecule has 3 aromatic rings. The molecule has 0 aliphatic rings. The number of aromatic nitrogens is 3. The van der Waals surface area contributed by atoms with Gasteiger partial charge in [-0.1, -0.05) is 18.2 Å². The number of amides is 1. The number of hydrogen-bond donors (Lipinski definition) is 2. The molecule has 1 atom stereocenters. The topological polar surface area (TPSA) is 89.0 Å². The first-order chi connectivity index (χ1) is 13.3. The van der Waals surface area contributed by atoms with Crippen LogP contribution in [-0.2, 0) is 33.5 Å². The van der Waals surface area contributed by atoms with Gasteiger partial charge in [-0.15, -0.1) is 0 Å². The molecule has 0 saturated heterocycles. The molecular formula is C18H17F3N4O3. The van der Waals surface area contributed by atoms with Crippen molar-refractivity contribution in [2.75, 3.05) is 7.11 Å². The van der Waals surface area contributed by atoms with Crippen molar-refractivity contribution in [3.05, 3.63) is 54.0 Å². The van der Waals surface area contributed by atoms with Gasteiger partial charge in [0.05, 0.1) is 7.11 Å². The summed E-state index contributed by atoms with van der Waals surface area (Å²) in [5, 5.41) is 6.71. The Morgan fingerprint density at radius 2 is 2.04 bits per heavy atom. The largest absolute Gasteiger partial charge is 0.467 e. The van der Waals surface area contributed by atoms with E-state index in [4.69, 9.17) is 4.74 Å². The van der Waals surface area contributed by atoms with E-state index in [9.17, 15) is 22.8 Å².